The van der Waals surface area contributed by atoms with Crippen molar-refractivity contribution in [1.29, 1.82) is 0 Å². The van der Waals surface area contributed by atoms with E-state index in [9.17, 15) is 27.9 Å². The number of carboxylic acid groups (broad SMARTS) is 1. The van der Waals surface area contributed by atoms with Gasteiger partial charge in [0.1, 0.15) is 11.3 Å². The second-order valence-corrected chi connectivity index (χ2v) is 9.09. The van der Waals surface area contributed by atoms with Gasteiger partial charge in [0.25, 0.3) is 11.5 Å². The minimum atomic E-state index is -5.08. The average molecular weight is 535 g/mol. The molecule has 1 aromatic heterocycles. The highest BCUT2D eigenvalue weighted by Gasteiger charge is 2.38. The summed E-state index contributed by atoms with van der Waals surface area (Å²) in [5.41, 5.74) is 1.51. The number of aromatic nitrogens is 1. The normalized spacial score (nSPS) is 13.7. The van der Waals surface area contributed by atoms with Crippen molar-refractivity contribution in [3.8, 4) is 5.75 Å². The van der Waals surface area contributed by atoms with Crippen LogP contribution in [-0.2, 0) is 11.3 Å². The summed E-state index contributed by atoms with van der Waals surface area (Å²) in [7, 11) is 0. The first-order valence-corrected chi connectivity index (χ1v) is 11.9. The number of alkyl halides is 3. The first kappa shape index (κ1) is 28.5. The summed E-state index contributed by atoms with van der Waals surface area (Å²) in [5, 5.41) is 24.6. The molecular formula is C26H29F3N4O5. The van der Waals surface area contributed by atoms with E-state index >= 15 is 0 Å². The molecule has 38 heavy (non-hydrogen) atoms. The number of benzene rings is 2. The minimum absolute atomic E-state index is 0.206. The molecule has 12 heteroatoms. The second-order valence-electron chi connectivity index (χ2n) is 9.09. The van der Waals surface area contributed by atoms with Gasteiger partial charge in [0.05, 0.1) is 5.52 Å². The van der Waals surface area contributed by atoms with Gasteiger partial charge in [0, 0.05) is 49.5 Å². The third-order valence-corrected chi connectivity index (χ3v) is 5.75. The maximum Gasteiger partial charge on any atom is 0.490 e. The number of aromatic hydroxyl groups is 1. The molecule has 204 valence electrons. The molecule has 2 heterocycles. The molecule has 0 aliphatic carbocycles. The number of carbonyl (C=O) groups excluding carboxylic acids is 1. The number of amides is 1. The molecule has 0 unspecified atom stereocenters. The van der Waals surface area contributed by atoms with Gasteiger partial charge >= 0.3 is 12.1 Å². The molecule has 4 rings (SSSR count). The van der Waals surface area contributed by atoms with E-state index in [1.54, 1.807) is 28.8 Å². The molecule has 9 nitrogen and oxygen atoms in total. The summed E-state index contributed by atoms with van der Waals surface area (Å²) in [5.74, 6) is -3.44. The number of hydrogen-bond acceptors (Lipinski definition) is 6. The van der Waals surface area contributed by atoms with Crippen molar-refractivity contribution >= 4 is 34.2 Å². The Bertz CT molecular complexity index is 1370. The lowest BCUT2D eigenvalue weighted by Gasteiger charge is -2.29. The highest BCUT2D eigenvalue weighted by atomic mass is 19.4. The lowest BCUT2D eigenvalue weighted by molar-refractivity contribution is -0.192. The van der Waals surface area contributed by atoms with Crippen molar-refractivity contribution in [2.75, 3.05) is 36.4 Å². The molecule has 1 amide bonds. The number of aliphatic carboxylic acids is 1. The summed E-state index contributed by atoms with van der Waals surface area (Å²) in [6, 6.07) is 14.7. The number of carboxylic acids is 1. The molecule has 1 aliphatic rings. The first-order valence-electron chi connectivity index (χ1n) is 11.9. The summed E-state index contributed by atoms with van der Waals surface area (Å²) in [6.07, 6.45) is -5.08. The second kappa shape index (κ2) is 12.0. The van der Waals surface area contributed by atoms with Crippen LogP contribution < -0.4 is 21.1 Å². The average Bonchev–Trinajstić information content (AvgIpc) is 2.87. The Kier molecular flexibility index (Phi) is 9.00. The van der Waals surface area contributed by atoms with Crippen LogP contribution in [0.2, 0.25) is 0 Å². The molecule has 0 radical (unpaired) electrons. The van der Waals surface area contributed by atoms with Crippen LogP contribution in [0.15, 0.2) is 53.3 Å². The molecule has 0 saturated carbocycles. The largest absolute Gasteiger partial charge is 0.506 e. The fourth-order valence-electron chi connectivity index (χ4n) is 4.04. The number of nitrogens with zero attached hydrogens (tertiary/aromatic N) is 2. The third kappa shape index (κ3) is 6.82. The number of halogens is 3. The van der Waals surface area contributed by atoms with E-state index in [4.69, 9.17) is 9.90 Å². The van der Waals surface area contributed by atoms with Gasteiger partial charge in [0.2, 0.25) is 0 Å². The lowest BCUT2D eigenvalue weighted by atomic mass is 10.1. The SMILES string of the molecule is CC(C)Cn1c(=O)c(C(=O)Nc2cccc(N3CCNCC3)c2)c(O)c2ccccc21.O=C(O)C(F)(F)F. The standard InChI is InChI=1S/C24H28N4O3.C2HF3O2/c1-16(2)15-28-20-9-4-3-8-19(20)22(29)21(24(28)31)23(30)26-17-6-5-7-18(14-17)27-12-10-25-11-13-27;3-2(4,5)1(6)7/h3-9,14,16,25,29H,10-13,15H2,1-2H3,(H,26,30);(H,6,7). The van der Waals surface area contributed by atoms with Crippen molar-refractivity contribution in [3.63, 3.8) is 0 Å². The Morgan fingerprint density at radius 3 is 2.32 bits per heavy atom. The van der Waals surface area contributed by atoms with Crippen molar-refractivity contribution in [2.45, 2.75) is 26.6 Å². The molecule has 0 spiro atoms. The maximum atomic E-state index is 13.2. The Morgan fingerprint density at radius 1 is 1.08 bits per heavy atom. The van der Waals surface area contributed by atoms with Crippen molar-refractivity contribution < 1.29 is 33.0 Å². The minimum Gasteiger partial charge on any atom is -0.506 e. The van der Waals surface area contributed by atoms with Crippen LogP contribution in [0.4, 0.5) is 24.5 Å². The first-order chi connectivity index (χ1) is 17.9. The van der Waals surface area contributed by atoms with Crippen molar-refractivity contribution in [1.82, 2.24) is 9.88 Å². The zero-order valence-corrected chi connectivity index (χ0v) is 20.9. The van der Waals surface area contributed by atoms with E-state index in [1.807, 2.05) is 38.1 Å². The molecule has 3 aromatic rings. The predicted molar refractivity (Wildman–Crippen MR) is 138 cm³/mol. The van der Waals surface area contributed by atoms with E-state index in [0.29, 0.717) is 23.1 Å². The number of piperazine rings is 1. The smallest absolute Gasteiger partial charge is 0.490 e. The van der Waals surface area contributed by atoms with Crippen LogP contribution in [0.3, 0.4) is 0 Å². The van der Waals surface area contributed by atoms with Crippen molar-refractivity contribution in [2.24, 2.45) is 5.92 Å². The monoisotopic (exact) mass is 534 g/mol. The van der Waals surface area contributed by atoms with Gasteiger partial charge in [-0.3, -0.25) is 9.59 Å². The lowest BCUT2D eigenvalue weighted by Crippen LogP contribution is -2.43. The van der Waals surface area contributed by atoms with Gasteiger partial charge in [0.15, 0.2) is 0 Å². The molecular weight excluding hydrogens is 505 g/mol. The Balaban J connectivity index is 0.000000505. The Labute approximate surface area is 216 Å². The fraction of sp³-hybridized carbons (Fsp3) is 0.346. The van der Waals surface area contributed by atoms with E-state index < -0.39 is 23.6 Å². The summed E-state index contributed by atoms with van der Waals surface area (Å²) >= 11 is 0. The quantitative estimate of drug-likeness (QED) is 0.394. The Hall–Kier alpha value is -4.06. The number of para-hydroxylation sites is 1. The molecule has 1 aliphatic heterocycles. The zero-order chi connectivity index (χ0) is 28.0. The number of nitrogens with one attached hydrogen (secondary N) is 2. The predicted octanol–water partition coefficient (Wildman–Crippen LogP) is 3.66. The number of carbonyl (C=O) groups is 2. The number of pyridine rings is 1. The third-order valence-electron chi connectivity index (χ3n) is 5.75. The number of anilines is 2. The molecule has 1 saturated heterocycles. The van der Waals surface area contributed by atoms with Crippen LogP contribution in [0.25, 0.3) is 10.9 Å². The van der Waals surface area contributed by atoms with E-state index in [2.05, 4.69) is 15.5 Å². The van der Waals surface area contributed by atoms with Gasteiger partial charge in [-0.1, -0.05) is 32.0 Å². The summed E-state index contributed by atoms with van der Waals surface area (Å²) < 4.78 is 33.3. The van der Waals surface area contributed by atoms with Gasteiger partial charge in [-0.2, -0.15) is 13.2 Å². The molecule has 0 bridgehead atoms. The van der Waals surface area contributed by atoms with E-state index in [-0.39, 0.29) is 17.2 Å². The van der Waals surface area contributed by atoms with Gasteiger partial charge in [-0.25, -0.2) is 4.79 Å². The molecule has 2 aromatic carbocycles. The van der Waals surface area contributed by atoms with Gasteiger partial charge in [-0.05, 0) is 36.2 Å². The number of rotatable bonds is 5. The van der Waals surface area contributed by atoms with Crippen LogP contribution >= 0.6 is 0 Å². The van der Waals surface area contributed by atoms with Gasteiger partial charge in [-0.15, -0.1) is 0 Å². The Morgan fingerprint density at radius 2 is 1.71 bits per heavy atom. The van der Waals surface area contributed by atoms with E-state index in [0.717, 1.165) is 31.9 Å². The zero-order valence-electron chi connectivity index (χ0n) is 20.9. The number of fused-ring (bicyclic) bond motifs is 1. The number of hydrogen-bond donors (Lipinski definition) is 4. The topological polar surface area (TPSA) is 124 Å². The molecule has 0 atom stereocenters. The van der Waals surface area contributed by atoms with Crippen LogP contribution in [0.1, 0.15) is 24.2 Å². The summed E-state index contributed by atoms with van der Waals surface area (Å²) in [6.45, 7) is 8.09. The maximum absolute atomic E-state index is 13.2. The molecule has 4 N–H and O–H groups in total. The van der Waals surface area contributed by atoms with E-state index in [1.165, 1.54) is 0 Å². The highest BCUT2D eigenvalue weighted by molar-refractivity contribution is 6.09. The van der Waals surface area contributed by atoms with Crippen LogP contribution in [0, 0.1) is 5.92 Å². The van der Waals surface area contributed by atoms with Gasteiger partial charge < -0.3 is 30.3 Å². The van der Waals surface area contributed by atoms with Crippen molar-refractivity contribution in [3.05, 3.63) is 64.4 Å². The summed E-state index contributed by atoms with van der Waals surface area (Å²) in [4.78, 5) is 37.5. The van der Waals surface area contributed by atoms with Crippen LogP contribution in [-0.4, -0.2) is 59.0 Å². The fourth-order valence-corrected chi connectivity index (χ4v) is 4.04. The highest BCUT2D eigenvalue weighted by Crippen LogP contribution is 2.28. The molecule has 1 fully saturated rings. The van der Waals surface area contributed by atoms with Crippen LogP contribution in [0.5, 0.6) is 5.75 Å².